The fourth-order valence-electron chi connectivity index (χ4n) is 5.90. The monoisotopic (exact) mass is 753 g/mol. The van der Waals surface area contributed by atoms with Gasteiger partial charge >= 0.3 is 7.82 Å². The fourth-order valence-corrected chi connectivity index (χ4v) is 6.66. The van der Waals surface area contributed by atoms with Gasteiger partial charge in [0.05, 0.1) is 25.4 Å². The van der Waals surface area contributed by atoms with Crippen LogP contribution in [0.25, 0.3) is 0 Å². The maximum Gasteiger partial charge on any atom is 0.472 e. The zero-order valence-electron chi connectivity index (χ0n) is 33.5. The minimum absolute atomic E-state index is 0.0755. The van der Waals surface area contributed by atoms with E-state index in [0.29, 0.717) is 6.42 Å². The number of carbonyl (C=O) groups is 1. The van der Waals surface area contributed by atoms with Crippen molar-refractivity contribution in [2.24, 2.45) is 5.73 Å². The third-order valence-electron chi connectivity index (χ3n) is 9.15. The van der Waals surface area contributed by atoms with Crippen LogP contribution in [0.15, 0.2) is 48.6 Å². The van der Waals surface area contributed by atoms with Crippen molar-refractivity contribution in [2.45, 2.75) is 199 Å². The standard InChI is InChI=1S/C43H81N2O6P/c1-3-5-7-9-11-13-15-16-17-18-19-20-21-22-23-24-25-26-27-29-31-33-35-37-43(47)45-41(40-51-52(48,49)50-39-38-44)42(46)36-34-32-30-28-14-12-10-8-6-4-2/h15-16,18-19,21-22,34,36,41-42,46H,3-14,17,20,23-33,35,37-40,44H2,1-2H3,(H,45,47)(H,48,49)/b16-15-,19-18-,22-21-,36-34+. The molecule has 0 aromatic rings. The van der Waals surface area contributed by atoms with Crippen LogP contribution in [-0.4, -0.2) is 47.8 Å². The summed E-state index contributed by atoms with van der Waals surface area (Å²) in [6.45, 7) is 4.08. The number of aliphatic hydroxyl groups excluding tert-OH is 1. The van der Waals surface area contributed by atoms with Crippen molar-refractivity contribution in [2.75, 3.05) is 19.8 Å². The molecular weight excluding hydrogens is 671 g/mol. The minimum Gasteiger partial charge on any atom is -0.387 e. The lowest BCUT2D eigenvalue weighted by Crippen LogP contribution is -2.45. The number of amides is 1. The SMILES string of the molecule is CCCCCCC/C=C\C/C=C\C/C=C\CCCCCCCCCCC(=O)NC(COP(=O)(O)OCCN)C(O)/C=C/CCCCCCCCCC. The molecule has 0 spiro atoms. The molecular formula is C43H81N2O6P. The quantitative estimate of drug-likeness (QED) is 0.0279. The van der Waals surface area contributed by atoms with Gasteiger partial charge in [0.2, 0.25) is 5.91 Å². The van der Waals surface area contributed by atoms with Gasteiger partial charge in [0.1, 0.15) is 0 Å². The van der Waals surface area contributed by atoms with E-state index in [1.54, 1.807) is 6.08 Å². The molecule has 0 bridgehead atoms. The molecule has 3 unspecified atom stereocenters. The Bertz CT molecular complexity index is 954. The van der Waals surface area contributed by atoms with Crippen LogP contribution in [0.4, 0.5) is 0 Å². The van der Waals surface area contributed by atoms with Gasteiger partial charge < -0.3 is 21.1 Å². The van der Waals surface area contributed by atoms with Crippen molar-refractivity contribution in [1.29, 1.82) is 0 Å². The summed E-state index contributed by atoms with van der Waals surface area (Å²) in [4.78, 5) is 22.6. The second-order valence-electron chi connectivity index (χ2n) is 14.2. The van der Waals surface area contributed by atoms with Crippen LogP contribution < -0.4 is 11.1 Å². The van der Waals surface area contributed by atoms with Crippen molar-refractivity contribution in [1.82, 2.24) is 5.32 Å². The summed E-state index contributed by atoms with van der Waals surface area (Å²) in [5.41, 5.74) is 5.36. The number of nitrogens with one attached hydrogen (secondary N) is 1. The lowest BCUT2D eigenvalue weighted by molar-refractivity contribution is -0.123. The zero-order chi connectivity index (χ0) is 38.2. The number of hydrogen-bond donors (Lipinski definition) is 4. The normalized spacial score (nSPS) is 14.6. The van der Waals surface area contributed by atoms with E-state index in [9.17, 15) is 19.4 Å². The first-order chi connectivity index (χ1) is 25.4. The Kier molecular flexibility index (Phi) is 38.0. The Labute approximate surface area is 320 Å². The second-order valence-corrected chi connectivity index (χ2v) is 15.7. The van der Waals surface area contributed by atoms with Gasteiger partial charge in [0.25, 0.3) is 0 Å². The molecule has 9 heteroatoms. The molecule has 52 heavy (non-hydrogen) atoms. The first-order valence-electron chi connectivity index (χ1n) is 21.3. The van der Waals surface area contributed by atoms with E-state index in [0.717, 1.165) is 57.8 Å². The first kappa shape index (κ1) is 50.5. The maximum absolute atomic E-state index is 12.7. The minimum atomic E-state index is -4.34. The van der Waals surface area contributed by atoms with E-state index in [1.807, 2.05) is 6.08 Å². The zero-order valence-corrected chi connectivity index (χ0v) is 34.4. The Morgan fingerprint density at radius 2 is 1.06 bits per heavy atom. The van der Waals surface area contributed by atoms with E-state index in [2.05, 4.69) is 55.6 Å². The van der Waals surface area contributed by atoms with Crippen LogP contribution in [0, 0.1) is 0 Å². The summed E-state index contributed by atoms with van der Waals surface area (Å²) in [6, 6.07) is -0.863. The predicted octanol–water partition coefficient (Wildman–Crippen LogP) is 11.7. The second kappa shape index (κ2) is 39.2. The van der Waals surface area contributed by atoms with Gasteiger partial charge in [-0.2, -0.15) is 0 Å². The average molecular weight is 753 g/mol. The van der Waals surface area contributed by atoms with Crippen molar-refractivity contribution < 1.29 is 28.4 Å². The molecule has 0 aliphatic heterocycles. The third kappa shape index (κ3) is 36.8. The molecule has 3 atom stereocenters. The Hall–Kier alpha value is -1.54. The molecule has 0 radical (unpaired) electrons. The summed E-state index contributed by atoms with van der Waals surface area (Å²) >= 11 is 0. The van der Waals surface area contributed by atoms with Gasteiger partial charge in [-0.05, 0) is 57.8 Å². The third-order valence-corrected chi connectivity index (χ3v) is 10.1. The number of phosphoric ester groups is 1. The summed E-state index contributed by atoms with van der Waals surface area (Å²) in [5, 5.41) is 13.6. The molecule has 0 saturated heterocycles. The van der Waals surface area contributed by atoms with Crippen molar-refractivity contribution in [3.05, 3.63) is 48.6 Å². The number of hydrogen-bond acceptors (Lipinski definition) is 6. The number of aliphatic hydroxyl groups is 1. The molecule has 1 amide bonds. The number of nitrogens with two attached hydrogens (primary N) is 1. The molecule has 8 nitrogen and oxygen atoms in total. The molecule has 0 aliphatic carbocycles. The van der Waals surface area contributed by atoms with Gasteiger partial charge in [-0.1, -0.05) is 172 Å². The van der Waals surface area contributed by atoms with Crippen molar-refractivity contribution >= 4 is 13.7 Å². The van der Waals surface area contributed by atoms with Crippen LogP contribution in [0.5, 0.6) is 0 Å². The number of unbranched alkanes of at least 4 members (excludes halogenated alkanes) is 21. The summed E-state index contributed by atoms with van der Waals surface area (Å²) in [5.74, 6) is -0.205. The Morgan fingerprint density at radius 1 is 0.635 bits per heavy atom. The fraction of sp³-hybridized carbons (Fsp3) is 0.791. The van der Waals surface area contributed by atoms with Crippen LogP contribution in [-0.2, 0) is 18.4 Å². The van der Waals surface area contributed by atoms with Gasteiger partial charge in [-0.25, -0.2) is 4.57 Å². The van der Waals surface area contributed by atoms with E-state index >= 15 is 0 Å². The largest absolute Gasteiger partial charge is 0.472 e. The highest BCUT2D eigenvalue weighted by Gasteiger charge is 2.26. The van der Waals surface area contributed by atoms with Crippen molar-refractivity contribution in [3.63, 3.8) is 0 Å². The topological polar surface area (TPSA) is 131 Å². The summed E-state index contributed by atoms with van der Waals surface area (Å²) in [7, 11) is -4.34. The van der Waals surface area contributed by atoms with Crippen LogP contribution >= 0.6 is 7.82 Å². The smallest absolute Gasteiger partial charge is 0.387 e. The van der Waals surface area contributed by atoms with Crippen LogP contribution in [0.1, 0.15) is 187 Å². The van der Waals surface area contributed by atoms with Crippen LogP contribution in [0.2, 0.25) is 0 Å². The highest BCUT2D eigenvalue weighted by atomic mass is 31.2. The number of phosphoric acid groups is 1. The maximum atomic E-state index is 12.7. The van der Waals surface area contributed by atoms with E-state index in [-0.39, 0.29) is 25.7 Å². The molecule has 0 heterocycles. The molecule has 0 fully saturated rings. The molecule has 304 valence electrons. The van der Waals surface area contributed by atoms with E-state index < -0.39 is 20.0 Å². The summed E-state index contributed by atoms with van der Waals surface area (Å²) in [6.07, 6.45) is 47.3. The lowest BCUT2D eigenvalue weighted by atomic mass is 10.1. The number of rotatable bonds is 39. The van der Waals surface area contributed by atoms with Gasteiger partial charge in [0.15, 0.2) is 0 Å². The molecule has 0 rings (SSSR count). The van der Waals surface area contributed by atoms with E-state index in [4.69, 9.17) is 14.8 Å². The Morgan fingerprint density at radius 3 is 1.54 bits per heavy atom. The molecule has 0 aromatic heterocycles. The average Bonchev–Trinajstić information content (AvgIpc) is 3.13. The van der Waals surface area contributed by atoms with Gasteiger partial charge in [-0.15, -0.1) is 0 Å². The highest BCUT2D eigenvalue weighted by molar-refractivity contribution is 7.47. The Balaban J connectivity index is 4.14. The van der Waals surface area contributed by atoms with Crippen molar-refractivity contribution in [3.8, 4) is 0 Å². The van der Waals surface area contributed by atoms with Crippen LogP contribution in [0.3, 0.4) is 0 Å². The summed E-state index contributed by atoms with van der Waals surface area (Å²) < 4.78 is 22.0. The predicted molar refractivity (Wildman–Crippen MR) is 221 cm³/mol. The molecule has 0 saturated carbocycles. The molecule has 0 aliphatic rings. The molecule has 0 aromatic carbocycles. The van der Waals surface area contributed by atoms with Gasteiger partial charge in [0, 0.05) is 13.0 Å². The van der Waals surface area contributed by atoms with E-state index in [1.165, 1.54) is 109 Å². The first-order valence-corrected chi connectivity index (χ1v) is 22.8. The van der Waals surface area contributed by atoms with Gasteiger partial charge in [-0.3, -0.25) is 13.8 Å². The number of carbonyl (C=O) groups excluding carboxylic acids is 1. The highest BCUT2D eigenvalue weighted by Crippen LogP contribution is 2.43. The number of allylic oxidation sites excluding steroid dienone is 7. The molecule has 5 N–H and O–H groups in total. The lowest BCUT2D eigenvalue weighted by Gasteiger charge is -2.23.